The summed E-state index contributed by atoms with van der Waals surface area (Å²) in [5.41, 5.74) is 3.64. The van der Waals surface area contributed by atoms with Crippen molar-refractivity contribution in [2.75, 3.05) is 25.5 Å². The number of hydrogen-bond donors (Lipinski definition) is 2. The van der Waals surface area contributed by atoms with Gasteiger partial charge in [0.05, 0.1) is 23.5 Å². The maximum absolute atomic E-state index is 14.8. The van der Waals surface area contributed by atoms with Crippen LogP contribution in [0.3, 0.4) is 0 Å². The van der Waals surface area contributed by atoms with Gasteiger partial charge in [0.2, 0.25) is 5.95 Å². The molecule has 0 aliphatic carbocycles. The van der Waals surface area contributed by atoms with Gasteiger partial charge in [-0.1, -0.05) is 30.7 Å². The normalized spacial score (nSPS) is 15.9. The van der Waals surface area contributed by atoms with Crippen LogP contribution in [-0.4, -0.2) is 52.7 Å². The molecule has 7 nitrogen and oxygen atoms in total. The van der Waals surface area contributed by atoms with Gasteiger partial charge in [-0.05, 0) is 93.8 Å². The van der Waals surface area contributed by atoms with E-state index in [0.29, 0.717) is 50.5 Å². The van der Waals surface area contributed by atoms with Crippen molar-refractivity contribution < 1.29 is 13.6 Å². The first-order valence-electron chi connectivity index (χ1n) is 14.8. The standard InChI is InChI=1S/C34H33ClF2N6O/c1-3-29(20-13-15-43(2)16-14-20)41-33(44)21-7-10-24(11-8-21)40-34-39-19-22-18-38-32(30-27(36)5-4-6-28(30)37)26-17-23(35)9-12-25(26)31(22)42-34/h4-12,17,19-20,29H,3,13-16,18H2,1-2H3,(H,41,44)(H,39,40,42). The number of nitrogens with zero attached hydrogens (tertiary/aromatic N) is 4. The third-order valence-corrected chi connectivity index (χ3v) is 8.69. The molecule has 1 saturated heterocycles. The average Bonchev–Trinajstić information content (AvgIpc) is 3.17. The predicted molar refractivity (Wildman–Crippen MR) is 170 cm³/mol. The Kier molecular flexibility index (Phi) is 8.68. The lowest BCUT2D eigenvalue weighted by Gasteiger charge is -2.34. The fourth-order valence-electron chi connectivity index (χ4n) is 5.99. The number of rotatable bonds is 7. The first-order chi connectivity index (χ1) is 21.3. The lowest BCUT2D eigenvalue weighted by Crippen LogP contribution is -2.44. The Morgan fingerprint density at radius 1 is 1.05 bits per heavy atom. The minimum atomic E-state index is -0.710. The van der Waals surface area contributed by atoms with E-state index >= 15 is 0 Å². The number of piperidine rings is 1. The van der Waals surface area contributed by atoms with Gasteiger partial charge in [-0.3, -0.25) is 9.79 Å². The Labute approximate surface area is 260 Å². The van der Waals surface area contributed by atoms with E-state index in [1.807, 2.05) is 12.1 Å². The maximum atomic E-state index is 14.8. The molecule has 2 aliphatic heterocycles. The van der Waals surface area contributed by atoms with Crippen LogP contribution in [0.15, 0.2) is 71.9 Å². The summed E-state index contributed by atoms with van der Waals surface area (Å²) in [5, 5.41) is 6.86. The Morgan fingerprint density at radius 2 is 1.77 bits per heavy atom. The molecular formula is C34H33ClF2N6O. The molecule has 0 saturated carbocycles. The number of nitrogens with one attached hydrogen (secondary N) is 2. The highest BCUT2D eigenvalue weighted by atomic mass is 35.5. The third-order valence-electron chi connectivity index (χ3n) is 8.46. The summed E-state index contributed by atoms with van der Waals surface area (Å²) in [6.07, 6.45) is 4.73. The van der Waals surface area contributed by atoms with Crippen molar-refractivity contribution in [3.05, 3.63) is 106 Å². The summed E-state index contributed by atoms with van der Waals surface area (Å²) >= 11 is 6.33. The summed E-state index contributed by atoms with van der Waals surface area (Å²) in [6, 6.07) is 16.2. The van der Waals surface area contributed by atoms with Gasteiger partial charge in [0.15, 0.2) is 0 Å². The second-order valence-corrected chi connectivity index (χ2v) is 11.8. The number of aromatic nitrogens is 2. The highest BCUT2D eigenvalue weighted by Crippen LogP contribution is 2.35. The van der Waals surface area contributed by atoms with Crippen LogP contribution in [0.1, 0.15) is 53.2 Å². The van der Waals surface area contributed by atoms with Crippen molar-refractivity contribution >= 4 is 34.9 Å². The number of aliphatic imine (C=N–C) groups is 1. The Hall–Kier alpha value is -4.21. The van der Waals surface area contributed by atoms with Gasteiger partial charge in [0, 0.05) is 45.2 Å². The first-order valence-corrected chi connectivity index (χ1v) is 15.2. The van der Waals surface area contributed by atoms with Gasteiger partial charge in [0.25, 0.3) is 5.91 Å². The molecule has 0 spiro atoms. The summed E-state index contributed by atoms with van der Waals surface area (Å²) in [5.74, 6) is -0.687. The molecule has 10 heteroatoms. The van der Waals surface area contributed by atoms with Crippen LogP contribution in [0.5, 0.6) is 0 Å². The molecule has 1 fully saturated rings. The number of carbonyl (C=O) groups is 1. The molecule has 1 atom stereocenters. The second-order valence-electron chi connectivity index (χ2n) is 11.4. The first kappa shape index (κ1) is 29.8. The van der Waals surface area contributed by atoms with E-state index < -0.39 is 11.6 Å². The van der Waals surface area contributed by atoms with Gasteiger partial charge < -0.3 is 15.5 Å². The molecule has 2 N–H and O–H groups in total. The van der Waals surface area contributed by atoms with Crippen molar-refractivity contribution in [3.8, 4) is 11.3 Å². The van der Waals surface area contributed by atoms with Gasteiger partial charge in [-0.2, -0.15) is 0 Å². The van der Waals surface area contributed by atoms with Crippen molar-refractivity contribution in [1.29, 1.82) is 0 Å². The molecule has 4 aromatic rings. The monoisotopic (exact) mass is 614 g/mol. The third kappa shape index (κ3) is 6.21. The highest BCUT2D eigenvalue weighted by Gasteiger charge is 2.27. The van der Waals surface area contributed by atoms with E-state index in [0.717, 1.165) is 32.4 Å². The van der Waals surface area contributed by atoms with E-state index in [4.69, 9.17) is 16.6 Å². The topological polar surface area (TPSA) is 82.5 Å². The molecule has 226 valence electrons. The summed E-state index contributed by atoms with van der Waals surface area (Å²) < 4.78 is 29.7. The van der Waals surface area contributed by atoms with Gasteiger partial charge in [0.1, 0.15) is 11.6 Å². The Balaban J connectivity index is 1.22. The average molecular weight is 615 g/mol. The fourth-order valence-corrected chi connectivity index (χ4v) is 6.16. The second kappa shape index (κ2) is 12.8. The summed E-state index contributed by atoms with van der Waals surface area (Å²) in [7, 11) is 2.14. The SMILES string of the molecule is CCC(NC(=O)c1ccc(Nc2ncc3c(n2)-c2ccc(Cl)cc2C(c2c(F)cccc2F)=NC3)cc1)C1CCN(C)CC1. The molecular weight excluding hydrogens is 582 g/mol. The number of hydrogen-bond acceptors (Lipinski definition) is 6. The Morgan fingerprint density at radius 3 is 2.48 bits per heavy atom. The van der Waals surface area contributed by atoms with Crippen LogP contribution >= 0.6 is 11.6 Å². The zero-order valence-corrected chi connectivity index (χ0v) is 25.3. The molecule has 44 heavy (non-hydrogen) atoms. The molecule has 0 bridgehead atoms. The maximum Gasteiger partial charge on any atom is 0.251 e. The lowest BCUT2D eigenvalue weighted by molar-refractivity contribution is 0.0899. The zero-order valence-electron chi connectivity index (χ0n) is 24.6. The number of halogens is 3. The van der Waals surface area contributed by atoms with Crippen molar-refractivity contribution in [3.63, 3.8) is 0 Å². The van der Waals surface area contributed by atoms with E-state index in [-0.39, 0.29) is 29.8 Å². The van der Waals surface area contributed by atoms with Crippen LogP contribution in [0, 0.1) is 17.6 Å². The molecule has 0 radical (unpaired) electrons. The number of fused-ring (bicyclic) bond motifs is 3. The van der Waals surface area contributed by atoms with E-state index in [1.54, 1.807) is 36.5 Å². The van der Waals surface area contributed by atoms with Gasteiger partial charge in [-0.15, -0.1) is 0 Å². The largest absolute Gasteiger partial charge is 0.349 e. The summed E-state index contributed by atoms with van der Waals surface area (Å²) in [6.45, 7) is 4.36. The molecule has 1 unspecified atom stereocenters. The van der Waals surface area contributed by atoms with Crippen LogP contribution in [-0.2, 0) is 6.54 Å². The number of anilines is 2. The summed E-state index contributed by atoms with van der Waals surface area (Å²) in [4.78, 5) is 29.2. The molecule has 6 rings (SSSR count). The molecule has 2 aliphatic rings. The van der Waals surface area contributed by atoms with Crippen LogP contribution in [0.4, 0.5) is 20.4 Å². The Bertz CT molecular complexity index is 1700. The quantitative estimate of drug-likeness (QED) is 0.234. The zero-order chi connectivity index (χ0) is 30.8. The number of carbonyl (C=O) groups excluding carboxylic acids is 1. The molecule has 1 amide bonds. The van der Waals surface area contributed by atoms with E-state index in [9.17, 15) is 13.6 Å². The van der Waals surface area contributed by atoms with E-state index in [2.05, 4.69) is 39.5 Å². The lowest BCUT2D eigenvalue weighted by atomic mass is 9.88. The number of likely N-dealkylation sites (tertiary alicyclic amines) is 1. The van der Waals surface area contributed by atoms with Crippen LogP contribution < -0.4 is 10.6 Å². The van der Waals surface area contributed by atoms with Gasteiger partial charge >= 0.3 is 0 Å². The van der Waals surface area contributed by atoms with Gasteiger partial charge in [-0.25, -0.2) is 18.7 Å². The van der Waals surface area contributed by atoms with Crippen LogP contribution in [0.2, 0.25) is 5.02 Å². The minimum absolute atomic E-state index is 0.0824. The highest BCUT2D eigenvalue weighted by molar-refractivity contribution is 6.31. The van der Waals surface area contributed by atoms with Crippen molar-refractivity contribution in [1.82, 2.24) is 20.2 Å². The smallest absolute Gasteiger partial charge is 0.251 e. The minimum Gasteiger partial charge on any atom is -0.349 e. The fraction of sp³-hybridized carbons (Fsp3) is 0.294. The number of benzene rings is 3. The number of amides is 1. The predicted octanol–water partition coefficient (Wildman–Crippen LogP) is 7.02. The van der Waals surface area contributed by atoms with Crippen molar-refractivity contribution in [2.24, 2.45) is 10.9 Å². The molecule has 3 heterocycles. The van der Waals surface area contributed by atoms with Crippen molar-refractivity contribution in [2.45, 2.75) is 38.8 Å². The van der Waals surface area contributed by atoms with E-state index in [1.165, 1.54) is 18.2 Å². The molecule has 1 aromatic heterocycles. The molecule has 3 aromatic carbocycles. The van der Waals surface area contributed by atoms with Crippen LogP contribution in [0.25, 0.3) is 11.3 Å².